The number of nitrogens with one attached hydrogen (secondary N) is 1. The van der Waals surface area contributed by atoms with Crippen LogP contribution in [0.15, 0.2) is 54.6 Å². The number of benzene rings is 2. The maximum Gasteiger partial charge on any atom is 0.123 e. The lowest BCUT2D eigenvalue weighted by Gasteiger charge is -2.32. The average Bonchev–Trinajstić information content (AvgIpc) is 2.45. The molecular weight excluding hydrogens is 261 g/mol. The van der Waals surface area contributed by atoms with Crippen LogP contribution in [0.2, 0.25) is 0 Å². The van der Waals surface area contributed by atoms with E-state index in [2.05, 4.69) is 50.4 Å². The number of halogens is 1. The predicted molar refractivity (Wildman–Crippen MR) is 86.7 cm³/mol. The molecule has 1 N–H and O–H groups in total. The maximum atomic E-state index is 13.1. The molecule has 2 rings (SSSR count). The molecule has 2 aromatic carbocycles. The second kappa shape index (κ2) is 6.86. The van der Waals surface area contributed by atoms with Crippen LogP contribution in [0.1, 0.15) is 37.9 Å². The van der Waals surface area contributed by atoms with E-state index in [0.29, 0.717) is 0 Å². The first-order valence-corrected chi connectivity index (χ1v) is 7.49. The smallest absolute Gasteiger partial charge is 0.123 e. The van der Waals surface area contributed by atoms with Gasteiger partial charge in [0, 0.05) is 6.04 Å². The zero-order chi connectivity index (χ0) is 15.3. The molecule has 0 saturated heterocycles. The lowest BCUT2D eigenvalue weighted by atomic mass is 9.82. The van der Waals surface area contributed by atoms with E-state index >= 15 is 0 Å². The van der Waals surface area contributed by atoms with Crippen LogP contribution in [0, 0.1) is 11.2 Å². The Balaban J connectivity index is 2.02. The van der Waals surface area contributed by atoms with Crippen LogP contribution >= 0.6 is 0 Å². The van der Waals surface area contributed by atoms with E-state index in [1.807, 2.05) is 18.2 Å². The second-order valence-electron chi connectivity index (χ2n) is 6.54. The van der Waals surface area contributed by atoms with Crippen LogP contribution in [0.4, 0.5) is 4.39 Å². The third-order valence-electron chi connectivity index (χ3n) is 3.67. The van der Waals surface area contributed by atoms with Crippen molar-refractivity contribution in [2.75, 3.05) is 6.54 Å². The van der Waals surface area contributed by atoms with E-state index in [0.717, 1.165) is 18.5 Å². The van der Waals surface area contributed by atoms with Crippen molar-refractivity contribution >= 4 is 0 Å². The zero-order valence-electron chi connectivity index (χ0n) is 13.1. The standard InChI is InChI=1S/C19H24FN/c1-19(2,3)18(16-9-11-17(20)12-10-16)21-14-13-15-7-5-4-6-8-15/h4-12,18,21H,13-14H2,1-3H3. The van der Waals surface area contributed by atoms with E-state index < -0.39 is 0 Å². The molecule has 0 bridgehead atoms. The van der Waals surface area contributed by atoms with Gasteiger partial charge in [-0.3, -0.25) is 0 Å². The highest BCUT2D eigenvalue weighted by Gasteiger charge is 2.25. The van der Waals surface area contributed by atoms with Crippen LogP contribution in [-0.4, -0.2) is 6.54 Å². The summed E-state index contributed by atoms with van der Waals surface area (Å²) >= 11 is 0. The summed E-state index contributed by atoms with van der Waals surface area (Å²) in [6.45, 7) is 7.52. The number of hydrogen-bond donors (Lipinski definition) is 1. The molecule has 0 aliphatic carbocycles. The Morgan fingerprint density at radius 1 is 0.952 bits per heavy atom. The molecule has 0 fully saturated rings. The minimum Gasteiger partial charge on any atom is -0.309 e. The van der Waals surface area contributed by atoms with Crippen molar-refractivity contribution in [1.29, 1.82) is 0 Å². The van der Waals surface area contributed by atoms with Crippen LogP contribution in [0.5, 0.6) is 0 Å². The second-order valence-corrected chi connectivity index (χ2v) is 6.54. The summed E-state index contributed by atoms with van der Waals surface area (Å²) in [4.78, 5) is 0. The number of hydrogen-bond acceptors (Lipinski definition) is 1. The van der Waals surface area contributed by atoms with Gasteiger partial charge in [-0.15, -0.1) is 0 Å². The normalized spacial score (nSPS) is 13.1. The predicted octanol–water partition coefficient (Wildman–Crippen LogP) is 4.75. The fraction of sp³-hybridized carbons (Fsp3) is 0.368. The molecule has 0 heterocycles. The minimum atomic E-state index is -0.185. The Morgan fingerprint density at radius 2 is 1.57 bits per heavy atom. The summed E-state index contributed by atoms with van der Waals surface area (Å²) < 4.78 is 13.1. The molecule has 112 valence electrons. The fourth-order valence-electron chi connectivity index (χ4n) is 2.58. The molecule has 0 saturated carbocycles. The van der Waals surface area contributed by atoms with Gasteiger partial charge in [0.1, 0.15) is 5.82 Å². The third-order valence-corrected chi connectivity index (χ3v) is 3.67. The van der Waals surface area contributed by atoms with Crippen molar-refractivity contribution in [3.05, 3.63) is 71.5 Å². The Labute approximate surface area is 127 Å². The van der Waals surface area contributed by atoms with Crippen LogP contribution in [0.3, 0.4) is 0 Å². The van der Waals surface area contributed by atoms with Gasteiger partial charge in [-0.25, -0.2) is 4.39 Å². The Hall–Kier alpha value is -1.67. The summed E-state index contributed by atoms with van der Waals surface area (Å²) in [5.74, 6) is -0.185. The van der Waals surface area contributed by atoms with Crippen molar-refractivity contribution in [3.8, 4) is 0 Å². The summed E-state index contributed by atoms with van der Waals surface area (Å²) in [5.41, 5.74) is 2.54. The van der Waals surface area contributed by atoms with E-state index in [1.54, 1.807) is 0 Å². The molecule has 21 heavy (non-hydrogen) atoms. The largest absolute Gasteiger partial charge is 0.309 e. The molecule has 0 radical (unpaired) electrons. The lowest BCUT2D eigenvalue weighted by molar-refractivity contribution is 0.274. The van der Waals surface area contributed by atoms with Crippen molar-refractivity contribution in [2.45, 2.75) is 33.2 Å². The van der Waals surface area contributed by atoms with Gasteiger partial charge in [0.25, 0.3) is 0 Å². The van der Waals surface area contributed by atoms with Crippen LogP contribution in [0.25, 0.3) is 0 Å². The van der Waals surface area contributed by atoms with Gasteiger partial charge in [0.2, 0.25) is 0 Å². The van der Waals surface area contributed by atoms with Gasteiger partial charge in [0.05, 0.1) is 0 Å². The first-order chi connectivity index (χ1) is 9.97. The van der Waals surface area contributed by atoms with E-state index in [-0.39, 0.29) is 17.3 Å². The van der Waals surface area contributed by atoms with Crippen LogP contribution in [-0.2, 0) is 6.42 Å². The summed E-state index contributed by atoms with van der Waals surface area (Å²) in [7, 11) is 0. The first kappa shape index (κ1) is 15.7. The topological polar surface area (TPSA) is 12.0 Å². The molecule has 2 aromatic rings. The van der Waals surface area contributed by atoms with Gasteiger partial charge in [-0.1, -0.05) is 63.2 Å². The fourth-order valence-corrected chi connectivity index (χ4v) is 2.58. The van der Waals surface area contributed by atoms with Gasteiger partial charge in [-0.05, 0) is 41.6 Å². The van der Waals surface area contributed by atoms with Crippen molar-refractivity contribution in [3.63, 3.8) is 0 Å². The summed E-state index contributed by atoms with van der Waals surface area (Å²) in [6, 6.07) is 17.5. The summed E-state index contributed by atoms with van der Waals surface area (Å²) in [5, 5.41) is 3.62. The Kier molecular flexibility index (Phi) is 5.13. The molecule has 1 unspecified atom stereocenters. The Bertz CT molecular complexity index is 540. The monoisotopic (exact) mass is 285 g/mol. The third kappa shape index (κ3) is 4.68. The quantitative estimate of drug-likeness (QED) is 0.836. The molecule has 2 heteroatoms. The van der Waals surface area contributed by atoms with Crippen molar-refractivity contribution in [1.82, 2.24) is 5.32 Å². The van der Waals surface area contributed by atoms with E-state index in [4.69, 9.17) is 0 Å². The van der Waals surface area contributed by atoms with E-state index in [1.165, 1.54) is 17.7 Å². The minimum absolute atomic E-state index is 0.0779. The molecule has 1 atom stereocenters. The van der Waals surface area contributed by atoms with Gasteiger partial charge >= 0.3 is 0 Å². The van der Waals surface area contributed by atoms with Gasteiger partial charge < -0.3 is 5.32 Å². The highest BCUT2D eigenvalue weighted by molar-refractivity contribution is 5.22. The molecule has 0 aliphatic heterocycles. The molecule has 0 spiro atoms. The van der Waals surface area contributed by atoms with Gasteiger partial charge in [-0.2, -0.15) is 0 Å². The maximum absolute atomic E-state index is 13.1. The van der Waals surface area contributed by atoms with Crippen molar-refractivity contribution in [2.24, 2.45) is 5.41 Å². The first-order valence-electron chi connectivity index (χ1n) is 7.49. The SMILES string of the molecule is CC(C)(C)C(NCCc1ccccc1)c1ccc(F)cc1. The van der Waals surface area contributed by atoms with Crippen molar-refractivity contribution < 1.29 is 4.39 Å². The molecule has 0 aliphatic rings. The zero-order valence-corrected chi connectivity index (χ0v) is 13.1. The van der Waals surface area contributed by atoms with E-state index in [9.17, 15) is 4.39 Å². The van der Waals surface area contributed by atoms with Crippen LogP contribution < -0.4 is 5.32 Å². The highest BCUT2D eigenvalue weighted by atomic mass is 19.1. The average molecular weight is 285 g/mol. The lowest BCUT2D eigenvalue weighted by Crippen LogP contribution is -2.33. The molecule has 0 amide bonds. The highest BCUT2D eigenvalue weighted by Crippen LogP contribution is 2.32. The molecular formula is C19H24FN. The number of rotatable bonds is 5. The van der Waals surface area contributed by atoms with Gasteiger partial charge in [0.15, 0.2) is 0 Å². The Morgan fingerprint density at radius 3 is 2.14 bits per heavy atom. The molecule has 1 nitrogen and oxygen atoms in total. The summed E-state index contributed by atoms with van der Waals surface area (Å²) in [6.07, 6.45) is 0.995. The molecule has 0 aromatic heterocycles.